The minimum absolute atomic E-state index is 0.350. The fourth-order valence-electron chi connectivity index (χ4n) is 8.27. The van der Waals surface area contributed by atoms with Crippen LogP contribution in [0.3, 0.4) is 0 Å². The fourth-order valence-corrected chi connectivity index (χ4v) is 8.27. The van der Waals surface area contributed by atoms with Gasteiger partial charge in [0.2, 0.25) is 0 Å². The van der Waals surface area contributed by atoms with Crippen LogP contribution in [0.1, 0.15) is 34.2 Å². The Morgan fingerprint density at radius 1 is 0.144 bits per heavy atom. The third-order valence-corrected chi connectivity index (χ3v) is 12.7. The highest BCUT2D eigenvalue weighted by Crippen LogP contribution is 2.19. The molecule has 6 aromatic rings. The number of nitrogens with zero attached hydrogens (tertiary/aromatic N) is 6. The van der Waals surface area contributed by atoms with Gasteiger partial charge in [-0.15, -0.1) is 0 Å². The molecule has 7 heterocycles. The maximum absolute atomic E-state index is 5.83. The van der Waals surface area contributed by atoms with Crippen LogP contribution in [-0.4, -0.2) is 228 Å². The summed E-state index contributed by atoms with van der Waals surface area (Å²) in [5, 5.41) is 0. The minimum Gasteiger partial charge on any atom is -0.377 e. The van der Waals surface area contributed by atoms with E-state index in [9.17, 15) is 0 Å². The molecule has 12 bridgehead atoms. The zero-order chi connectivity index (χ0) is 62.1. The van der Waals surface area contributed by atoms with Gasteiger partial charge in [0.25, 0.3) is 0 Å². The predicted molar refractivity (Wildman–Crippen MR) is 330 cm³/mol. The molecule has 0 aromatic carbocycles. The fraction of sp³-hybridized carbons (Fsp3) is 0.545. The molecule has 0 saturated heterocycles. The summed E-state index contributed by atoms with van der Waals surface area (Å²) in [4.78, 5) is 28.6. The predicted octanol–water partition coefficient (Wildman–Crippen LogP) is 6.77. The minimum atomic E-state index is 0.350. The quantitative estimate of drug-likeness (QED) is 0.152. The molecule has 0 saturated carbocycles. The zero-order valence-electron chi connectivity index (χ0n) is 51.9. The Morgan fingerprint density at radius 2 is 0.256 bits per heavy atom. The SMILES string of the molecule is c1cc2nc(c1)-c1cccc(n1)COCCOCCOCCOCCOCCOCc1cccc(n1)-c1cccc(n1)COCCOCCOCCOCCOCCOCc1cccc(n1)-c1cccc(n1)COCCOCCOCCOCCOCCOC2. The Bertz CT molecular complexity index is 2300. The molecular weight excluding hydrogens is 1160 g/mol. The van der Waals surface area contributed by atoms with Gasteiger partial charge in [0, 0.05) is 0 Å². The van der Waals surface area contributed by atoms with Crippen molar-refractivity contribution in [1.82, 2.24) is 29.9 Å². The van der Waals surface area contributed by atoms with Gasteiger partial charge in [-0.2, -0.15) is 0 Å². The summed E-state index contributed by atoms with van der Waals surface area (Å²) in [5.74, 6) is 0. The molecule has 0 spiro atoms. The first kappa shape index (κ1) is 71.6. The van der Waals surface area contributed by atoms with Crippen molar-refractivity contribution in [3.8, 4) is 34.2 Å². The lowest BCUT2D eigenvalue weighted by molar-refractivity contribution is -0.0188. The van der Waals surface area contributed by atoms with Crippen LogP contribution in [-0.2, 0) is 125 Å². The highest BCUT2D eigenvalue weighted by Gasteiger charge is 2.10. The molecule has 1 aliphatic rings. The number of hydrogen-bond acceptors (Lipinski definition) is 24. The second kappa shape index (κ2) is 48.0. The van der Waals surface area contributed by atoms with E-state index in [1.165, 1.54) is 0 Å². The standard InChI is InChI=1S/C66H90N6O18/c1-7-55-49-85-43-37-79-31-25-73-19-20-74-27-33-81-39-45-87-51-57-9-3-15-63(69-57)64-16-5-11-59(71-64)53-89-47-41-83-35-29-77-23-24-78-30-36-84-42-48-90-54-60-12-6-18-66(72-60)65-17-4-10-58(70-65)52-88-46-40-82-34-28-76-22-21-75-26-32-80-38-44-86-50-56-8-2-14-62(68-56)61(13-1)67-55/h1-18H,19-54H2. The molecule has 0 atom stereocenters. The normalized spacial score (nSPS) is 18.9. The molecule has 0 radical (unpaired) electrons. The highest BCUT2D eigenvalue weighted by atomic mass is 16.6. The van der Waals surface area contributed by atoms with Crippen molar-refractivity contribution in [3.05, 3.63) is 143 Å². The van der Waals surface area contributed by atoms with E-state index in [0.29, 0.717) is 238 Å². The van der Waals surface area contributed by atoms with Gasteiger partial charge in [-0.25, -0.2) is 29.9 Å². The first-order valence-electron chi connectivity index (χ1n) is 30.9. The van der Waals surface area contributed by atoms with E-state index >= 15 is 0 Å². The number of fused-ring (bicyclic) bond motifs is 15. The molecule has 24 heteroatoms. The summed E-state index contributed by atoms with van der Waals surface area (Å²) in [5.41, 5.74) is 9.32. The molecule has 1 aliphatic heterocycles. The van der Waals surface area contributed by atoms with E-state index in [0.717, 1.165) is 68.3 Å². The van der Waals surface area contributed by atoms with Crippen molar-refractivity contribution in [1.29, 1.82) is 0 Å². The average Bonchev–Trinajstić information content (AvgIpc) is 2.22. The topological polar surface area (TPSA) is 243 Å². The molecule has 0 aliphatic carbocycles. The number of rotatable bonds is 0. The van der Waals surface area contributed by atoms with Gasteiger partial charge in [-0.05, 0) is 72.8 Å². The third kappa shape index (κ3) is 32.5. The van der Waals surface area contributed by atoms with Crippen LogP contribution in [0.5, 0.6) is 0 Å². The van der Waals surface area contributed by atoms with Crippen molar-refractivity contribution < 1.29 is 85.3 Å². The van der Waals surface area contributed by atoms with Crippen LogP contribution in [0.2, 0.25) is 0 Å². The van der Waals surface area contributed by atoms with Crippen molar-refractivity contribution >= 4 is 0 Å². The second-order valence-electron chi connectivity index (χ2n) is 19.7. The number of pyridine rings is 6. The van der Waals surface area contributed by atoms with E-state index in [-0.39, 0.29) is 0 Å². The lowest BCUT2D eigenvalue weighted by Crippen LogP contribution is -2.14. The van der Waals surface area contributed by atoms with E-state index in [4.69, 9.17) is 115 Å². The molecule has 0 unspecified atom stereocenters. The van der Waals surface area contributed by atoms with Crippen LogP contribution in [0, 0.1) is 0 Å². The van der Waals surface area contributed by atoms with Gasteiger partial charge in [-0.3, -0.25) is 0 Å². The Balaban J connectivity index is 0.747. The second-order valence-corrected chi connectivity index (χ2v) is 19.7. The van der Waals surface area contributed by atoms with E-state index in [1.54, 1.807) is 0 Å². The summed E-state index contributed by atoms with van der Waals surface area (Å²) >= 11 is 0. The Morgan fingerprint density at radius 3 is 0.378 bits per heavy atom. The summed E-state index contributed by atoms with van der Waals surface area (Å²) in [6.07, 6.45) is 0. The van der Waals surface area contributed by atoms with Crippen LogP contribution in [0.4, 0.5) is 0 Å². The van der Waals surface area contributed by atoms with Crippen LogP contribution in [0.15, 0.2) is 109 Å². The van der Waals surface area contributed by atoms with E-state index < -0.39 is 0 Å². The molecule has 0 fully saturated rings. The highest BCUT2D eigenvalue weighted by molar-refractivity contribution is 5.56. The summed E-state index contributed by atoms with van der Waals surface area (Å²) in [6, 6.07) is 34.8. The van der Waals surface area contributed by atoms with Crippen LogP contribution < -0.4 is 0 Å². The first-order chi connectivity index (χ1) is 44.7. The van der Waals surface area contributed by atoms with Crippen LogP contribution >= 0.6 is 0 Å². The van der Waals surface area contributed by atoms with Gasteiger partial charge >= 0.3 is 0 Å². The van der Waals surface area contributed by atoms with Gasteiger partial charge < -0.3 is 85.3 Å². The Kier molecular flexibility index (Phi) is 38.2. The molecule has 7 rings (SSSR count). The summed E-state index contributed by atoms with van der Waals surface area (Å²) < 4.78 is 103. The van der Waals surface area contributed by atoms with Crippen molar-refractivity contribution in [2.75, 3.05) is 198 Å². The molecule has 6 aromatic heterocycles. The number of hydrogen-bond donors (Lipinski definition) is 0. The third-order valence-electron chi connectivity index (χ3n) is 12.7. The lowest BCUT2D eigenvalue weighted by atomic mass is 10.2. The van der Waals surface area contributed by atoms with Crippen molar-refractivity contribution in [3.63, 3.8) is 0 Å². The average molecular weight is 1260 g/mol. The molecule has 90 heavy (non-hydrogen) atoms. The lowest BCUT2D eigenvalue weighted by Gasteiger charge is -2.10. The van der Waals surface area contributed by atoms with E-state index in [2.05, 4.69) is 0 Å². The number of ether oxygens (including phenoxy) is 18. The largest absolute Gasteiger partial charge is 0.377 e. The van der Waals surface area contributed by atoms with Crippen molar-refractivity contribution in [2.24, 2.45) is 0 Å². The maximum Gasteiger partial charge on any atom is 0.0890 e. The first-order valence-corrected chi connectivity index (χ1v) is 30.9. The van der Waals surface area contributed by atoms with Gasteiger partial charge in [0.15, 0.2) is 0 Å². The molecule has 0 N–H and O–H groups in total. The van der Waals surface area contributed by atoms with Gasteiger partial charge in [-0.1, -0.05) is 36.4 Å². The zero-order valence-corrected chi connectivity index (χ0v) is 51.9. The monoisotopic (exact) mass is 1250 g/mol. The van der Waals surface area contributed by atoms with Gasteiger partial charge in [0.05, 0.1) is 306 Å². The molecular formula is C66H90N6O18. The molecule has 492 valence electrons. The van der Waals surface area contributed by atoms with Crippen LogP contribution in [0.25, 0.3) is 34.2 Å². The maximum atomic E-state index is 5.83. The molecule has 0 amide bonds. The Hall–Kier alpha value is -5.82. The van der Waals surface area contributed by atoms with Crippen molar-refractivity contribution in [2.45, 2.75) is 39.6 Å². The summed E-state index contributed by atoms with van der Waals surface area (Å²) in [7, 11) is 0. The van der Waals surface area contributed by atoms with E-state index in [1.807, 2.05) is 109 Å². The summed E-state index contributed by atoms with van der Waals surface area (Å²) in [6.45, 7) is 15.5. The smallest absolute Gasteiger partial charge is 0.0890 e. The van der Waals surface area contributed by atoms with Gasteiger partial charge in [0.1, 0.15) is 0 Å². The number of aromatic nitrogens is 6. The molecule has 24 nitrogen and oxygen atoms in total. The Labute approximate surface area is 528 Å².